The van der Waals surface area contributed by atoms with Crippen molar-refractivity contribution in [1.82, 2.24) is 14.6 Å². The second kappa shape index (κ2) is 10.2. The zero-order valence-corrected chi connectivity index (χ0v) is 20.7. The molecule has 34 heavy (non-hydrogen) atoms. The Bertz CT molecular complexity index is 1280. The van der Waals surface area contributed by atoms with Gasteiger partial charge in [0.2, 0.25) is 15.9 Å². The molecule has 0 aliphatic carbocycles. The lowest BCUT2D eigenvalue weighted by atomic mass is 10.1. The molecule has 0 bridgehead atoms. The molecule has 2 heterocycles. The Kier molecular flexibility index (Phi) is 7.25. The van der Waals surface area contributed by atoms with Crippen molar-refractivity contribution in [3.8, 4) is 11.3 Å². The third-order valence-electron chi connectivity index (χ3n) is 6.26. The Labute approximate surface area is 200 Å². The summed E-state index contributed by atoms with van der Waals surface area (Å²) in [5.74, 6) is -0.319. The molecule has 0 saturated carbocycles. The minimum Gasteiger partial charge on any atom is -0.383 e. The standard InChI is InChI=1S/C25H32N4O4S/c1-18-6-7-19-15-23(27-22(19)14-18)21-16-20(8-9-24(21)29-10-4-5-11-29)34(31,32)26-17-25(30)28(2)12-13-33-3/h6-9,14-16,26-27H,4-5,10-13,17H2,1-3H3. The predicted octanol–water partition coefficient (Wildman–Crippen LogP) is 3.13. The molecule has 182 valence electrons. The predicted molar refractivity (Wildman–Crippen MR) is 135 cm³/mol. The van der Waals surface area contributed by atoms with E-state index in [1.54, 1.807) is 26.3 Å². The van der Waals surface area contributed by atoms with Gasteiger partial charge in [0.05, 0.1) is 18.0 Å². The summed E-state index contributed by atoms with van der Waals surface area (Å²) in [5.41, 5.74) is 4.88. The number of benzene rings is 2. The topological polar surface area (TPSA) is 94.7 Å². The minimum absolute atomic E-state index is 0.132. The van der Waals surface area contributed by atoms with Gasteiger partial charge < -0.3 is 19.5 Å². The molecule has 0 unspecified atom stereocenters. The van der Waals surface area contributed by atoms with Gasteiger partial charge in [-0.25, -0.2) is 13.1 Å². The summed E-state index contributed by atoms with van der Waals surface area (Å²) in [6.07, 6.45) is 2.23. The third-order valence-corrected chi connectivity index (χ3v) is 7.66. The van der Waals surface area contributed by atoms with Crippen LogP contribution >= 0.6 is 0 Å². The molecule has 1 amide bonds. The van der Waals surface area contributed by atoms with Gasteiger partial charge in [-0.05, 0) is 55.7 Å². The Balaban J connectivity index is 1.65. The van der Waals surface area contributed by atoms with E-state index in [9.17, 15) is 13.2 Å². The van der Waals surface area contributed by atoms with Gasteiger partial charge in [0.1, 0.15) is 0 Å². The van der Waals surface area contributed by atoms with Crippen LogP contribution in [0.2, 0.25) is 0 Å². The van der Waals surface area contributed by atoms with Crippen molar-refractivity contribution in [3.05, 3.63) is 48.0 Å². The van der Waals surface area contributed by atoms with Crippen molar-refractivity contribution in [2.75, 3.05) is 51.8 Å². The van der Waals surface area contributed by atoms with Crippen LogP contribution in [-0.4, -0.2) is 71.2 Å². The largest absolute Gasteiger partial charge is 0.383 e. The van der Waals surface area contributed by atoms with Gasteiger partial charge in [-0.3, -0.25) is 4.79 Å². The highest BCUT2D eigenvalue weighted by atomic mass is 32.2. The van der Waals surface area contributed by atoms with Crippen LogP contribution in [-0.2, 0) is 19.6 Å². The molecular formula is C25H32N4O4S. The van der Waals surface area contributed by atoms with E-state index in [-0.39, 0.29) is 17.3 Å². The number of sulfonamides is 1. The van der Waals surface area contributed by atoms with Crippen LogP contribution in [0.4, 0.5) is 5.69 Å². The van der Waals surface area contributed by atoms with Gasteiger partial charge in [0, 0.05) is 61.6 Å². The summed E-state index contributed by atoms with van der Waals surface area (Å²) in [6, 6.07) is 13.5. The molecule has 1 aliphatic heterocycles. The van der Waals surface area contributed by atoms with Crippen LogP contribution in [0, 0.1) is 6.92 Å². The number of fused-ring (bicyclic) bond motifs is 1. The molecule has 0 spiro atoms. The van der Waals surface area contributed by atoms with Crippen LogP contribution in [0.25, 0.3) is 22.2 Å². The molecule has 1 aromatic heterocycles. The molecule has 8 nitrogen and oxygen atoms in total. The number of carbonyl (C=O) groups is 1. The molecule has 2 aromatic carbocycles. The van der Waals surface area contributed by atoms with Crippen LogP contribution in [0.5, 0.6) is 0 Å². The number of anilines is 1. The summed E-state index contributed by atoms with van der Waals surface area (Å²) in [4.78, 5) is 19.6. The number of rotatable bonds is 9. The summed E-state index contributed by atoms with van der Waals surface area (Å²) in [5, 5.41) is 1.07. The Morgan fingerprint density at radius 1 is 1.15 bits per heavy atom. The van der Waals surface area contributed by atoms with Crippen molar-refractivity contribution in [2.24, 2.45) is 0 Å². The van der Waals surface area contributed by atoms with E-state index in [1.807, 2.05) is 13.0 Å². The number of amides is 1. The normalized spacial score (nSPS) is 14.1. The lowest BCUT2D eigenvalue weighted by molar-refractivity contribution is -0.129. The fourth-order valence-corrected chi connectivity index (χ4v) is 5.25. The Morgan fingerprint density at radius 2 is 1.91 bits per heavy atom. The first kappa shape index (κ1) is 24.3. The van der Waals surface area contributed by atoms with Gasteiger partial charge in [-0.2, -0.15) is 0 Å². The van der Waals surface area contributed by atoms with Gasteiger partial charge in [0.15, 0.2) is 0 Å². The van der Waals surface area contributed by atoms with Gasteiger partial charge >= 0.3 is 0 Å². The molecule has 1 saturated heterocycles. The van der Waals surface area contributed by atoms with Crippen molar-refractivity contribution in [3.63, 3.8) is 0 Å². The molecule has 0 atom stereocenters. The van der Waals surface area contributed by atoms with E-state index in [2.05, 4.69) is 38.9 Å². The van der Waals surface area contributed by atoms with Crippen LogP contribution in [0.3, 0.4) is 0 Å². The average Bonchev–Trinajstić information content (AvgIpc) is 3.50. The molecule has 2 N–H and O–H groups in total. The first-order chi connectivity index (χ1) is 16.3. The maximum absolute atomic E-state index is 13.1. The molecule has 3 aromatic rings. The van der Waals surface area contributed by atoms with Crippen molar-refractivity contribution in [2.45, 2.75) is 24.7 Å². The highest BCUT2D eigenvalue weighted by molar-refractivity contribution is 7.89. The van der Waals surface area contributed by atoms with Crippen LogP contribution < -0.4 is 9.62 Å². The summed E-state index contributed by atoms with van der Waals surface area (Å²) < 4.78 is 33.6. The maximum Gasteiger partial charge on any atom is 0.241 e. The first-order valence-corrected chi connectivity index (χ1v) is 13.0. The fraction of sp³-hybridized carbons (Fsp3) is 0.400. The molecular weight excluding hydrogens is 452 g/mol. The number of likely N-dealkylation sites (N-methyl/N-ethyl adjacent to an activating group) is 1. The second-order valence-corrected chi connectivity index (χ2v) is 10.5. The molecule has 4 rings (SSSR count). The van der Waals surface area contributed by atoms with Crippen LogP contribution in [0.15, 0.2) is 47.4 Å². The first-order valence-electron chi connectivity index (χ1n) is 11.5. The lowest BCUT2D eigenvalue weighted by Gasteiger charge is -2.22. The molecule has 1 fully saturated rings. The fourth-order valence-electron chi connectivity index (χ4n) is 4.25. The number of H-pyrrole nitrogens is 1. The number of nitrogens with zero attached hydrogens (tertiary/aromatic N) is 2. The summed E-state index contributed by atoms with van der Waals surface area (Å²) in [7, 11) is -0.703. The van der Waals surface area contributed by atoms with Gasteiger partial charge in [-0.15, -0.1) is 0 Å². The number of ether oxygens (including phenoxy) is 1. The summed E-state index contributed by atoms with van der Waals surface area (Å²) >= 11 is 0. The van der Waals surface area contributed by atoms with Crippen molar-refractivity contribution < 1.29 is 17.9 Å². The molecule has 0 radical (unpaired) electrons. The Hall–Kier alpha value is -2.88. The minimum atomic E-state index is -3.88. The maximum atomic E-state index is 13.1. The second-order valence-electron chi connectivity index (χ2n) is 8.78. The molecule has 9 heteroatoms. The zero-order chi connectivity index (χ0) is 24.3. The van der Waals surface area contributed by atoms with E-state index in [0.717, 1.165) is 59.3 Å². The van der Waals surface area contributed by atoms with E-state index < -0.39 is 10.0 Å². The van der Waals surface area contributed by atoms with E-state index in [4.69, 9.17) is 4.74 Å². The molecule has 1 aliphatic rings. The number of aromatic nitrogens is 1. The van der Waals surface area contributed by atoms with Gasteiger partial charge in [-0.1, -0.05) is 12.1 Å². The average molecular weight is 485 g/mol. The van der Waals surface area contributed by atoms with Crippen molar-refractivity contribution in [1.29, 1.82) is 0 Å². The smallest absolute Gasteiger partial charge is 0.241 e. The van der Waals surface area contributed by atoms with E-state index in [0.29, 0.717) is 13.2 Å². The number of methoxy groups -OCH3 is 1. The third kappa shape index (κ3) is 5.27. The van der Waals surface area contributed by atoms with Crippen molar-refractivity contribution >= 4 is 32.5 Å². The lowest BCUT2D eigenvalue weighted by Crippen LogP contribution is -2.39. The quantitative estimate of drug-likeness (QED) is 0.487. The monoisotopic (exact) mass is 484 g/mol. The number of hydrogen-bond donors (Lipinski definition) is 2. The summed E-state index contributed by atoms with van der Waals surface area (Å²) in [6.45, 7) is 4.41. The number of hydrogen-bond acceptors (Lipinski definition) is 5. The SMILES string of the molecule is COCCN(C)C(=O)CNS(=O)(=O)c1ccc(N2CCCC2)c(-c2cc3ccc(C)cc3[nH]2)c1. The Morgan fingerprint density at radius 3 is 2.65 bits per heavy atom. The number of nitrogens with one attached hydrogen (secondary N) is 2. The highest BCUT2D eigenvalue weighted by Gasteiger charge is 2.23. The van der Waals surface area contributed by atoms with Crippen LogP contribution in [0.1, 0.15) is 18.4 Å². The number of aromatic amines is 1. The zero-order valence-electron chi connectivity index (χ0n) is 19.9. The van der Waals surface area contributed by atoms with Gasteiger partial charge in [0.25, 0.3) is 0 Å². The highest BCUT2D eigenvalue weighted by Crippen LogP contribution is 2.36. The van der Waals surface area contributed by atoms with E-state index in [1.165, 1.54) is 4.90 Å². The van der Waals surface area contributed by atoms with E-state index >= 15 is 0 Å². The number of aryl methyl sites for hydroxylation is 1. The number of carbonyl (C=O) groups excluding carboxylic acids is 1.